The van der Waals surface area contributed by atoms with Crippen molar-refractivity contribution >= 4 is 40.6 Å². The highest BCUT2D eigenvalue weighted by Gasteiger charge is 2.37. The lowest BCUT2D eigenvalue weighted by molar-refractivity contribution is -0.114. The number of methoxy groups -OCH3 is 1. The first kappa shape index (κ1) is 24.1. The molecule has 1 aliphatic carbocycles. The number of nitrogens with one attached hydrogen (secondary N) is 1. The van der Waals surface area contributed by atoms with Crippen molar-refractivity contribution in [3.63, 3.8) is 0 Å². The fourth-order valence-electron chi connectivity index (χ4n) is 4.64. The van der Waals surface area contributed by atoms with Crippen molar-refractivity contribution in [2.75, 3.05) is 32.1 Å². The molecular weight excluding hydrogens is 482 g/mol. The van der Waals surface area contributed by atoms with Gasteiger partial charge in [-0.1, -0.05) is 29.8 Å². The van der Waals surface area contributed by atoms with Crippen LogP contribution in [0.3, 0.4) is 0 Å². The Morgan fingerprint density at radius 1 is 1.17 bits per heavy atom. The lowest BCUT2D eigenvalue weighted by Gasteiger charge is -2.16. The SMILES string of the molecule is COCCN1C(=O)c2cc3c(cc2C1=O)NC(=C1C(=O)CC=CC1=NC[C@@H](O)c1cccc(Cl)c1)C3. The molecule has 0 spiro atoms. The van der Waals surface area contributed by atoms with E-state index in [9.17, 15) is 19.5 Å². The number of imide groups is 1. The molecule has 0 aromatic heterocycles. The van der Waals surface area contributed by atoms with Crippen LogP contribution in [0.25, 0.3) is 0 Å². The molecule has 8 nitrogen and oxygen atoms in total. The van der Waals surface area contributed by atoms with Crippen molar-refractivity contribution in [2.24, 2.45) is 4.99 Å². The van der Waals surface area contributed by atoms with Crippen molar-refractivity contribution in [1.29, 1.82) is 0 Å². The molecule has 0 bridgehead atoms. The minimum absolute atomic E-state index is 0.0611. The molecule has 3 aliphatic rings. The number of Topliss-reactive ketones (excluding diaryl/α,β-unsaturated/α-hetero) is 1. The van der Waals surface area contributed by atoms with Crippen molar-refractivity contribution in [3.8, 4) is 0 Å². The van der Waals surface area contributed by atoms with Gasteiger partial charge in [0.05, 0.1) is 48.2 Å². The number of aliphatic hydroxyl groups is 1. The third-order valence-electron chi connectivity index (χ3n) is 6.45. The molecule has 2 amide bonds. The van der Waals surface area contributed by atoms with Gasteiger partial charge in [-0.05, 0) is 41.5 Å². The van der Waals surface area contributed by atoms with Crippen LogP contribution in [0, 0.1) is 0 Å². The molecule has 2 aromatic carbocycles. The Morgan fingerprint density at radius 2 is 1.94 bits per heavy atom. The predicted octanol–water partition coefficient (Wildman–Crippen LogP) is 3.51. The maximum Gasteiger partial charge on any atom is 0.261 e. The number of halogens is 1. The molecule has 5 rings (SSSR count). The number of benzene rings is 2. The highest BCUT2D eigenvalue weighted by molar-refractivity contribution is 6.30. The van der Waals surface area contributed by atoms with Gasteiger partial charge in [0.2, 0.25) is 0 Å². The van der Waals surface area contributed by atoms with E-state index in [0.717, 1.165) is 5.56 Å². The molecule has 2 aromatic rings. The Kier molecular flexibility index (Phi) is 6.57. The molecule has 0 unspecified atom stereocenters. The summed E-state index contributed by atoms with van der Waals surface area (Å²) in [6.45, 7) is 0.521. The van der Waals surface area contributed by atoms with E-state index in [1.165, 1.54) is 12.0 Å². The average Bonchev–Trinajstić information content (AvgIpc) is 3.38. The van der Waals surface area contributed by atoms with Crippen LogP contribution in [0.15, 0.2) is 64.8 Å². The topological polar surface area (TPSA) is 108 Å². The lowest BCUT2D eigenvalue weighted by atomic mass is 9.93. The molecule has 0 saturated heterocycles. The van der Waals surface area contributed by atoms with E-state index >= 15 is 0 Å². The Labute approximate surface area is 212 Å². The maximum absolute atomic E-state index is 12.9. The largest absolute Gasteiger partial charge is 0.386 e. The number of aliphatic imine (C=N–C) groups is 1. The van der Waals surface area contributed by atoms with Crippen LogP contribution in [-0.2, 0) is 16.0 Å². The zero-order valence-electron chi connectivity index (χ0n) is 19.6. The molecule has 9 heteroatoms. The first-order chi connectivity index (χ1) is 17.4. The first-order valence-corrected chi connectivity index (χ1v) is 12.0. The van der Waals surface area contributed by atoms with Crippen LogP contribution in [0.4, 0.5) is 5.69 Å². The number of hydrogen-bond acceptors (Lipinski definition) is 7. The molecule has 2 heterocycles. The molecule has 2 aliphatic heterocycles. The van der Waals surface area contributed by atoms with Crippen molar-refractivity contribution in [3.05, 3.63) is 87.1 Å². The number of ketones is 1. The van der Waals surface area contributed by atoms with E-state index in [4.69, 9.17) is 16.3 Å². The number of rotatable bonds is 6. The monoisotopic (exact) mass is 505 g/mol. The lowest BCUT2D eigenvalue weighted by Crippen LogP contribution is -2.32. The fourth-order valence-corrected chi connectivity index (χ4v) is 4.84. The van der Waals surface area contributed by atoms with E-state index in [1.807, 2.05) is 0 Å². The summed E-state index contributed by atoms with van der Waals surface area (Å²) in [6.07, 6.45) is 3.30. The number of allylic oxidation sites excluding steroid dienone is 4. The predicted molar refractivity (Wildman–Crippen MR) is 136 cm³/mol. The normalized spacial score (nSPS) is 20.7. The molecule has 36 heavy (non-hydrogen) atoms. The first-order valence-electron chi connectivity index (χ1n) is 11.6. The Bertz CT molecular complexity index is 1330. The van der Waals surface area contributed by atoms with Crippen LogP contribution in [0.5, 0.6) is 0 Å². The van der Waals surface area contributed by atoms with Gasteiger partial charge in [-0.25, -0.2) is 0 Å². The quantitative estimate of drug-likeness (QED) is 0.459. The van der Waals surface area contributed by atoms with Gasteiger partial charge < -0.3 is 15.2 Å². The van der Waals surface area contributed by atoms with Gasteiger partial charge in [-0.2, -0.15) is 0 Å². The van der Waals surface area contributed by atoms with E-state index in [-0.39, 0.29) is 43.7 Å². The molecule has 0 saturated carbocycles. The van der Waals surface area contributed by atoms with Crippen LogP contribution in [-0.4, -0.2) is 60.1 Å². The number of amides is 2. The second kappa shape index (κ2) is 9.81. The number of aliphatic hydroxyl groups excluding tert-OH is 1. The Balaban J connectivity index is 1.42. The second-order valence-electron chi connectivity index (χ2n) is 8.79. The number of hydrogen-bond donors (Lipinski definition) is 2. The third-order valence-corrected chi connectivity index (χ3v) is 6.69. The van der Waals surface area contributed by atoms with Gasteiger partial charge in [0, 0.05) is 36.4 Å². The zero-order chi connectivity index (χ0) is 25.4. The molecule has 1 atom stereocenters. The number of anilines is 1. The van der Waals surface area contributed by atoms with Crippen LogP contribution in [0.1, 0.15) is 44.4 Å². The standard InChI is InChI=1S/C27H24ClN3O5/c1-36-9-8-31-26(34)18-11-16-12-22(30-21(16)13-19(18)27(31)35)25-20(6-3-7-23(25)32)29-14-24(33)15-4-2-5-17(28)10-15/h2-6,10-11,13,24,30,33H,7-9,12,14H2,1H3/t24-/m1/s1. The zero-order valence-corrected chi connectivity index (χ0v) is 20.3. The van der Waals surface area contributed by atoms with Gasteiger partial charge in [-0.15, -0.1) is 0 Å². The molecule has 0 fully saturated rings. The van der Waals surface area contributed by atoms with Crippen LogP contribution >= 0.6 is 11.6 Å². The van der Waals surface area contributed by atoms with Gasteiger partial charge >= 0.3 is 0 Å². The molecular formula is C27H24ClN3O5. The number of nitrogens with zero attached hydrogens (tertiary/aromatic N) is 2. The van der Waals surface area contributed by atoms with Gasteiger partial charge in [-0.3, -0.25) is 24.3 Å². The summed E-state index contributed by atoms with van der Waals surface area (Å²) in [6, 6.07) is 10.3. The highest BCUT2D eigenvalue weighted by Crippen LogP contribution is 2.36. The number of ether oxygens (including phenoxy) is 1. The van der Waals surface area contributed by atoms with Gasteiger partial charge in [0.25, 0.3) is 11.8 Å². The molecule has 2 N–H and O–H groups in total. The van der Waals surface area contributed by atoms with Crippen molar-refractivity contribution in [1.82, 2.24) is 4.90 Å². The maximum atomic E-state index is 12.9. The summed E-state index contributed by atoms with van der Waals surface area (Å²) in [4.78, 5) is 44.2. The smallest absolute Gasteiger partial charge is 0.261 e. The van der Waals surface area contributed by atoms with Crippen LogP contribution < -0.4 is 5.32 Å². The average molecular weight is 506 g/mol. The summed E-state index contributed by atoms with van der Waals surface area (Å²) in [5.74, 6) is -0.786. The third kappa shape index (κ3) is 4.39. The summed E-state index contributed by atoms with van der Waals surface area (Å²) in [7, 11) is 1.52. The Morgan fingerprint density at radius 3 is 2.69 bits per heavy atom. The molecule has 0 radical (unpaired) electrons. The summed E-state index contributed by atoms with van der Waals surface area (Å²) >= 11 is 6.03. The van der Waals surface area contributed by atoms with Crippen molar-refractivity contribution < 1.29 is 24.2 Å². The Hall–Kier alpha value is -3.59. The fraction of sp³-hybridized carbons (Fsp3) is 0.259. The number of carbonyl (C=O) groups is 3. The van der Waals surface area contributed by atoms with Crippen molar-refractivity contribution in [2.45, 2.75) is 18.9 Å². The van der Waals surface area contributed by atoms with Gasteiger partial charge in [0.1, 0.15) is 0 Å². The van der Waals surface area contributed by atoms with E-state index in [0.29, 0.717) is 50.8 Å². The van der Waals surface area contributed by atoms with E-state index < -0.39 is 6.10 Å². The minimum atomic E-state index is -0.873. The second-order valence-corrected chi connectivity index (χ2v) is 9.23. The highest BCUT2D eigenvalue weighted by atomic mass is 35.5. The summed E-state index contributed by atoms with van der Waals surface area (Å²) < 4.78 is 5.01. The van der Waals surface area contributed by atoms with Gasteiger partial charge in [0.15, 0.2) is 5.78 Å². The minimum Gasteiger partial charge on any atom is -0.386 e. The number of carbonyl (C=O) groups excluding carboxylic acids is 3. The summed E-state index contributed by atoms with van der Waals surface area (Å²) in [5, 5.41) is 14.4. The molecule has 184 valence electrons. The number of fused-ring (bicyclic) bond motifs is 2. The van der Waals surface area contributed by atoms with Crippen LogP contribution in [0.2, 0.25) is 5.02 Å². The van der Waals surface area contributed by atoms with E-state index in [2.05, 4.69) is 10.3 Å². The summed E-state index contributed by atoms with van der Waals surface area (Å²) in [5.41, 5.74) is 4.44. The van der Waals surface area contributed by atoms with E-state index in [1.54, 1.807) is 48.6 Å².